The van der Waals surface area contributed by atoms with Crippen molar-refractivity contribution in [2.24, 2.45) is 0 Å². The minimum Gasteiger partial charge on any atom is -0.480 e. The van der Waals surface area contributed by atoms with Crippen LogP contribution in [0.3, 0.4) is 0 Å². The van der Waals surface area contributed by atoms with Crippen molar-refractivity contribution in [3.8, 4) is 0 Å². The molecule has 0 aromatic heterocycles. The second-order valence-electron chi connectivity index (χ2n) is 7.30. The van der Waals surface area contributed by atoms with Gasteiger partial charge in [-0.25, -0.2) is 4.79 Å². The molecule has 23 heavy (non-hydrogen) atoms. The molecule has 0 bridgehead atoms. The Hall–Kier alpha value is -1.75. The molecule has 0 amide bonds. The Morgan fingerprint density at radius 1 is 1.26 bits per heavy atom. The standard InChI is InChI=1S/C18H27N3O2/c1-12-9-15-16(10-13(12)2)21(14(3)17(22)23)11-18(19-15)5-7-20(4)8-6-18/h9-10,14,19H,5-8,11H2,1-4H3,(H,22,23). The number of carboxylic acids is 1. The third-order valence-corrected chi connectivity index (χ3v) is 5.56. The van der Waals surface area contributed by atoms with Crippen LogP contribution in [0.4, 0.5) is 11.4 Å². The van der Waals surface area contributed by atoms with Crippen molar-refractivity contribution in [2.45, 2.75) is 45.2 Å². The van der Waals surface area contributed by atoms with E-state index in [2.05, 4.69) is 48.1 Å². The van der Waals surface area contributed by atoms with E-state index in [0.717, 1.165) is 43.9 Å². The van der Waals surface area contributed by atoms with Crippen molar-refractivity contribution in [3.63, 3.8) is 0 Å². The number of anilines is 2. The molecule has 3 rings (SSSR count). The molecule has 1 aromatic rings. The number of carboxylic acid groups (broad SMARTS) is 1. The molecule has 2 aliphatic heterocycles. The number of aliphatic carboxylic acids is 1. The monoisotopic (exact) mass is 317 g/mol. The molecule has 5 heteroatoms. The number of nitrogens with one attached hydrogen (secondary N) is 1. The normalized spacial score (nSPS) is 21.7. The maximum Gasteiger partial charge on any atom is 0.326 e. The van der Waals surface area contributed by atoms with Gasteiger partial charge in [0.2, 0.25) is 0 Å². The number of hydrogen-bond acceptors (Lipinski definition) is 4. The molecule has 5 nitrogen and oxygen atoms in total. The summed E-state index contributed by atoms with van der Waals surface area (Å²) in [4.78, 5) is 16.0. The Labute approximate surface area is 138 Å². The summed E-state index contributed by atoms with van der Waals surface area (Å²) in [6, 6.07) is 3.78. The molecule has 1 fully saturated rings. The van der Waals surface area contributed by atoms with E-state index >= 15 is 0 Å². The number of likely N-dealkylation sites (tertiary alicyclic amines) is 1. The summed E-state index contributed by atoms with van der Waals surface area (Å²) in [6.07, 6.45) is 2.08. The van der Waals surface area contributed by atoms with Crippen LogP contribution in [-0.4, -0.2) is 54.2 Å². The van der Waals surface area contributed by atoms with Crippen molar-refractivity contribution in [3.05, 3.63) is 23.3 Å². The Kier molecular flexibility index (Phi) is 4.00. The van der Waals surface area contributed by atoms with E-state index in [0.29, 0.717) is 0 Å². The molecule has 0 aliphatic carbocycles. The fourth-order valence-electron chi connectivity index (χ4n) is 3.68. The van der Waals surface area contributed by atoms with Crippen molar-refractivity contribution >= 4 is 17.3 Å². The van der Waals surface area contributed by atoms with Gasteiger partial charge in [-0.3, -0.25) is 0 Å². The van der Waals surface area contributed by atoms with Crippen LogP contribution >= 0.6 is 0 Å². The summed E-state index contributed by atoms with van der Waals surface area (Å²) < 4.78 is 0. The summed E-state index contributed by atoms with van der Waals surface area (Å²) in [5, 5.41) is 13.3. The zero-order valence-electron chi connectivity index (χ0n) is 14.5. The van der Waals surface area contributed by atoms with Gasteiger partial charge in [0.05, 0.1) is 16.9 Å². The van der Waals surface area contributed by atoms with E-state index in [1.807, 2.05) is 0 Å². The average molecular weight is 317 g/mol. The zero-order chi connectivity index (χ0) is 16.8. The highest BCUT2D eigenvalue weighted by molar-refractivity contribution is 5.83. The highest BCUT2D eigenvalue weighted by atomic mass is 16.4. The van der Waals surface area contributed by atoms with Gasteiger partial charge in [-0.15, -0.1) is 0 Å². The molecule has 1 atom stereocenters. The lowest BCUT2D eigenvalue weighted by molar-refractivity contribution is -0.138. The molecule has 0 radical (unpaired) electrons. The second kappa shape index (κ2) is 5.71. The van der Waals surface area contributed by atoms with Gasteiger partial charge < -0.3 is 20.2 Å². The molecule has 1 unspecified atom stereocenters. The lowest BCUT2D eigenvalue weighted by atomic mass is 9.83. The molecule has 126 valence electrons. The number of hydrogen-bond donors (Lipinski definition) is 2. The van der Waals surface area contributed by atoms with Crippen molar-refractivity contribution < 1.29 is 9.90 Å². The van der Waals surface area contributed by atoms with Gasteiger partial charge in [0.25, 0.3) is 0 Å². The van der Waals surface area contributed by atoms with Gasteiger partial charge in [0, 0.05) is 19.6 Å². The summed E-state index contributed by atoms with van der Waals surface area (Å²) in [5.74, 6) is -0.765. The van der Waals surface area contributed by atoms with Crippen LogP contribution in [0.1, 0.15) is 30.9 Å². The number of nitrogens with zero attached hydrogens (tertiary/aromatic N) is 2. The van der Waals surface area contributed by atoms with Gasteiger partial charge in [-0.05, 0) is 63.9 Å². The third-order valence-electron chi connectivity index (χ3n) is 5.56. The molecule has 2 aliphatic rings. The summed E-state index contributed by atoms with van der Waals surface area (Å²) in [7, 11) is 2.15. The predicted octanol–water partition coefficient (Wildman–Crippen LogP) is 2.47. The Morgan fingerprint density at radius 2 is 1.87 bits per heavy atom. The molecular weight excluding hydrogens is 290 g/mol. The zero-order valence-corrected chi connectivity index (χ0v) is 14.5. The van der Waals surface area contributed by atoms with Crippen molar-refractivity contribution in [2.75, 3.05) is 36.9 Å². The number of fused-ring (bicyclic) bond motifs is 1. The number of rotatable bonds is 2. The van der Waals surface area contributed by atoms with E-state index in [4.69, 9.17) is 0 Å². The maximum atomic E-state index is 11.6. The summed E-state index contributed by atoms with van der Waals surface area (Å²) >= 11 is 0. The molecule has 2 N–H and O–H groups in total. The lowest BCUT2D eigenvalue weighted by Gasteiger charge is -2.50. The fourth-order valence-corrected chi connectivity index (χ4v) is 3.68. The van der Waals surface area contributed by atoms with Gasteiger partial charge in [0.15, 0.2) is 0 Å². The number of benzene rings is 1. The van der Waals surface area contributed by atoms with E-state index in [1.54, 1.807) is 6.92 Å². The minimum absolute atomic E-state index is 0.0229. The van der Waals surface area contributed by atoms with Gasteiger partial charge >= 0.3 is 5.97 Å². The van der Waals surface area contributed by atoms with Crippen LogP contribution in [0.25, 0.3) is 0 Å². The summed E-state index contributed by atoms with van der Waals surface area (Å²) in [6.45, 7) is 8.82. The van der Waals surface area contributed by atoms with E-state index in [1.165, 1.54) is 11.1 Å². The van der Waals surface area contributed by atoms with E-state index in [9.17, 15) is 9.90 Å². The van der Waals surface area contributed by atoms with Crippen molar-refractivity contribution in [1.29, 1.82) is 0 Å². The highest BCUT2D eigenvalue weighted by Crippen LogP contribution is 2.41. The first-order valence-corrected chi connectivity index (χ1v) is 8.39. The van der Waals surface area contributed by atoms with Crippen LogP contribution in [0, 0.1) is 13.8 Å². The largest absolute Gasteiger partial charge is 0.480 e. The lowest BCUT2D eigenvalue weighted by Crippen LogP contribution is -2.60. The topological polar surface area (TPSA) is 55.8 Å². The first kappa shape index (κ1) is 16.1. The smallest absolute Gasteiger partial charge is 0.326 e. The average Bonchev–Trinajstić information content (AvgIpc) is 2.51. The first-order valence-electron chi connectivity index (χ1n) is 8.39. The van der Waals surface area contributed by atoms with Crippen molar-refractivity contribution in [1.82, 2.24) is 4.90 Å². The molecule has 1 aromatic carbocycles. The van der Waals surface area contributed by atoms with E-state index < -0.39 is 12.0 Å². The quantitative estimate of drug-likeness (QED) is 0.877. The fraction of sp³-hybridized carbons (Fsp3) is 0.611. The van der Waals surface area contributed by atoms with Gasteiger partial charge in [-0.1, -0.05) is 0 Å². The maximum absolute atomic E-state index is 11.6. The Balaban J connectivity index is 2.02. The van der Waals surface area contributed by atoms with Crippen LogP contribution < -0.4 is 10.2 Å². The molecule has 0 saturated carbocycles. The highest BCUT2D eigenvalue weighted by Gasteiger charge is 2.42. The van der Waals surface area contributed by atoms with Gasteiger partial charge in [-0.2, -0.15) is 0 Å². The Bertz CT molecular complexity index is 621. The number of aryl methyl sites for hydroxylation is 2. The van der Waals surface area contributed by atoms with Crippen LogP contribution in [0.2, 0.25) is 0 Å². The van der Waals surface area contributed by atoms with Gasteiger partial charge in [0.1, 0.15) is 6.04 Å². The third kappa shape index (κ3) is 2.90. The molecule has 2 heterocycles. The molecule has 1 saturated heterocycles. The SMILES string of the molecule is Cc1cc2c(cc1C)N(C(C)C(=O)O)CC1(CCN(C)CC1)N2. The van der Waals surface area contributed by atoms with Crippen LogP contribution in [-0.2, 0) is 4.79 Å². The van der Waals surface area contributed by atoms with Crippen LogP contribution in [0.15, 0.2) is 12.1 Å². The number of piperidine rings is 1. The summed E-state index contributed by atoms with van der Waals surface area (Å²) in [5.41, 5.74) is 4.52. The molecule has 1 spiro atoms. The minimum atomic E-state index is -0.765. The number of carbonyl (C=O) groups is 1. The molecular formula is C18H27N3O2. The predicted molar refractivity (Wildman–Crippen MR) is 93.4 cm³/mol. The Morgan fingerprint density at radius 3 is 2.48 bits per heavy atom. The van der Waals surface area contributed by atoms with E-state index in [-0.39, 0.29) is 5.54 Å². The first-order chi connectivity index (χ1) is 10.8. The van der Waals surface area contributed by atoms with Crippen LogP contribution in [0.5, 0.6) is 0 Å². The second-order valence-corrected chi connectivity index (χ2v) is 7.30.